The fourth-order valence-electron chi connectivity index (χ4n) is 4.21. The molecule has 0 saturated carbocycles. The first-order valence-electron chi connectivity index (χ1n) is 11.2. The molecule has 3 heterocycles. The highest BCUT2D eigenvalue weighted by molar-refractivity contribution is 7.10. The van der Waals surface area contributed by atoms with Crippen LogP contribution in [0.1, 0.15) is 41.2 Å². The van der Waals surface area contributed by atoms with E-state index in [0.717, 1.165) is 52.0 Å². The number of methoxy groups -OCH3 is 1. The van der Waals surface area contributed by atoms with Crippen LogP contribution in [0.3, 0.4) is 0 Å². The lowest BCUT2D eigenvalue weighted by molar-refractivity contribution is -0.147. The minimum Gasteiger partial charge on any atom is -0.497 e. The van der Waals surface area contributed by atoms with E-state index in [2.05, 4.69) is 33.6 Å². The summed E-state index contributed by atoms with van der Waals surface area (Å²) in [4.78, 5) is 17.5. The first-order valence-corrected chi connectivity index (χ1v) is 12.1. The summed E-state index contributed by atoms with van der Waals surface area (Å²) >= 11 is 1.55. The summed E-state index contributed by atoms with van der Waals surface area (Å²) in [5.41, 5.74) is 3.08. The third-order valence-corrected chi connectivity index (χ3v) is 6.79. The number of hydrogen-bond acceptors (Lipinski definition) is 7. The zero-order chi connectivity index (χ0) is 23.0. The molecule has 3 aromatic rings. The number of esters is 1. The van der Waals surface area contributed by atoms with Crippen molar-refractivity contribution in [1.82, 2.24) is 10.3 Å². The number of fused-ring (bicyclic) bond motifs is 1. The zero-order valence-electron chi connectivity index (χ0n) is 18.7. The van der Waals surface area contributed by atoms with Gasteiger partial charge in [-0.15, -0.1) is 11.3 Å². The van der Waals surface area contributed by atoms with Crippen LogP contribution in [0.25, 0.3) is 10.9 Å². The standard InChI is InChI=1S/C26H28N2O4S/c1-31-20-6-7-25-24(15-20)23(8-11-28-25)22(9-12-29)19-14-21(33-17-19)5-3-13-32-26(30)18-4-2-10-27-16-18/h6-8,11,14-15,17-18,22,27,29H,2,4,9-10,12-13,16H2,1H3/t18-,22+/m1/s1. The van der Waals surface area contributed by atoms with Crippen LogP contribution in [-0.2, 0) is 9.53 Å². The molecule has 0 aliphatic carbocycles. The Kier molecular flexibility index (Phi) is 7.95. The lowest BCUT2D eigenvalue weighted by Gasteiger charge is -2.20. The zero-order valence-corrected chi connectivity index (χ0v) is 19.5. The van der Waals surface area contributed by atoms with Crippen LogP contribution in [0.5, 0.6) is 5.75 Å². The van der Waals surface area contributed by atoms with Crippen molar-refractivity contribution in [2.75, 3.05) is 33.4 Å². The Bertz CT molecular complexity index is 1160. The maximum atomic E-state index is 12.1. The van der Waals surface area contributed by atoms with E-state index >= 15 is 0 Å². The fraction of sp³-hybridized carbons (Fsp3) is 0.385. The largest absolute Gasteiger partial charge is 0.497 e. The van der Waals surface area contributed by atoms with Crippen LogP contribution in [0.15, 0.2) is 41.9 Å². The molecular formula is C26H28N2O4S. The molecule has 1 aromatic carbocycles. The van der Waals surface area contributed by atoms with Crippen molar-refractivity contribution in [3.8, 4) is 17.6 Å². The molecule has 172 valence electrons. The molecule has 1 fully saturated rings. The number of aliphatic hydroxyl groups is 1. The van der Waals surface area contributed by atoms with Gasteiger partial charge < -0.3 is 19.9 Å². The quantitative estimate of drug-likeness (QED) is 0.410. The molecule has 2 atom stereocenters. The number of rotatable bonds is 7. The molecular weight excluding hydrogens is 436 g/mol. The molecule has 2 aromatic heterocycles. The number of nitrogens with one attached hydrogen (secondary N) is 1. The van der Waals surface area contributed by atoms with E-state index in [1.54, 1.807) is 24.6 Å². The number of aliphatic hydroxyl groups excluding tert-OH is 1. The Labute approximate surface area is 198 Å². The van der Waals surface area contributed by atoms with Crippen molar-refractivity contribution in [3.05, 3.63) is 57.9 Å². The molecule has 1 aliphatic rings. The molecule has 1 aliphatic heterocycles. The van der Waals surface area contributed by atoms with Gasteiger partial charge in [-0.05, 0) is 72.6 Å². The van der Waals surface area contributed by atoms with Gasteiger partial charge in [0.05, 0.1) is 23.4 Å². The molecule has 0 unspecified atom stereocenters. The first kappa shape index (κ1) is 23.2. The number of pyridine rings is 1. The SMILES string of the molecule is COc1ccc2nccc([C@@H](CCO)c3csc(C#CCOC(=O)[C@@H]4CCCNC4)c3)c2c1. The number of nitrogens with zero attached hydrogens (tertiary/aromatic N) is 1. The number of aromatic nitrogens is 1. The fourth-order valence-corrected chi connectivity index (χ4v) is 5.04. The van der Waals surface area contributed by atoms with E-state index < -0.39 is 0 Å². The van der Waals surface area contributed by atoms with Crippen molar-refractivity contribution in [3.63, 3.8) is 0 Å². The van der Waals surface area contributed by atoms with Crippen LogP contribution < -0.4 is 10.1 Å². The summed E-state index contributed by atoms with van der Waals surface area (Å²) in [7, 11) is 1.65. The number of hydrogen-bond donors (Lipinski definition) is 2. The Morgan fingerprint density at radius 3 is 3.06 bits per heavy atom. The van der Waals surface area contributed by atoms with E-state index in [9.17, 15) is 9.90 Å². The van der Waals surface area contributed by atoms with Crippen LogP contribution >= 0.6 is 11.3 Å². The molecule has 1 saturated heterocycles. The van der Waals surface area contributed by atoms with Crippen molar-refractivity contribution in [1.29, 1.82) is 0 Å². The highest BCUT2D eigenvalue weighted by Crippen LogP contribution is 2.35. The smallest absolute Gasteiger partial charge is 0.311 e. The minimum absolute atomic E-state index is 0.0102. The second kappa shape index (κ2) is 11.3. The molecule has 0 amide bonds. The van der Waals surface area contributed by atoms with Gasteiger partial charge in [-0.2, -0.15) is 0 Å². The number of carbonyl (C=O) groups excluding carboxylic acids is 1. The third-order valence-electron chi connectivity index (χ3n) is 5.93. The highest BCUT2D eigenvalue weighted by Gasteiger charge is 2.22. The van der Waals surface area contributed by atoms with Gasteiger partial charge in [0.2, 0.25) is 0 Å². The normalized spacial score (nSPS) is 16.6. The van der Waals surface area contributed by atoms with Gasteiger partial charge in [-0.3, -0.25) is 9.78 Å². The molecule has 6 nitrogen and oxygen atoms in total. The number of thiophene rings is 1. The Morgan fingerprint density at radius 2 is 2.27 bits per heavy atom. The van der Waals surface area contributed by atoms with Gasteiger partial charge in [-0.25, -0.2) is 0 Å². The van der Waals surface area contributed by atoms with E-state index in [-0.39, 0.29) is 31.0 Å². The predicted octanol–water partition coefficient (Wildman–Crippen LogP) is 3.71. The highest BCUT2D eigenvalue weighted by atomic mass is 32.1. The second-order valence-corrected chi connectivity index (χ2v) is 8.96. The lowest BCUT2D eigenvalue weighted by atomic mass is 9.88. The molecule has 0 spiro atoms. The molecule has 33 heavy (non-hydrogen) atoms. The number of carbonyl (C=O) groups is 1. The lowest BCUT2D eigenvalue weighted by Crippen LogP contribution is -2.35. The summed E-state index contributed by atoms with van der Waals surface area (Å²) in [6.07, 6.45) is 4.26. The number of benzene rings is 1. The maximum Gasteiger partial charge on any atom is 0.311 e. The van der Waals surface area contributed by atoms with Crippen molar-refractivity contribution in [2.45, 2.75) is 25.2 Å². The van der Waals surface area contributed by atoms with Crippen LogP contribution in [0.2, 0.25) is 0 Å². The van der Waals surface area contributed by atoms with Crippen LogP contribution in [0.4, 0.5) is 0 Å². The molecule has 7 heteroatoms. The molecule has 0 radical (unpaired) electrons. The van der Waals surface area contributed by atoms with Gasteiger partial charge >= 0.3 is 5.97 Å². The average Bonchev–Trinajstić information content (AvgIpc) is 3.33. The topological polar surface area (TPSA) is 80.7 Å². The number of piperidine rings is 1. The summed E-state index contributed by atoms with van der Waals surface area (Å²) in [5.74, 6) is 6.61. The van der Waals surface area contributed by atoms with E-state index in [4.69, 9.17) is 9.47 Å². The van der Waals surface area contributed by atoms with Gasteiger partial charge in [0.15, 0.2) is 6.61 Å². The van der Waals surface area contributed by atoms with Crippen molar-refractivity contribution in [2.24, 2.45) is 5.92 Å². The van der Waals surface area contributed by atoms with E-state index in [1.165, 1.54) is 0 Å². The average molecular weight is 465 g/mol. The monoisotopic (exact) mass is 464 g/mol. The van der Waals surface area contributed by atoms with Crippen molar-refractivity contribution < 1.29 is 19.4 Å². The molecule has 2 N–H and O–H groups in total. The third kappa shape index (κ3) is 5.72. The predicted molar refractivity (Wildman–Crippen MR) is 130 cm³/mol. The summed E-state index contributed by atoms with van der Waals surface area (Å²) in [5, 5.41) is 16.1. The Morgan fingerprint density at radius 1 is 1.36 bits per heavy atom. The number of ether oxygens (including phenoxy) is 2. The summed E-state index contributed by atoms with van der Waals surface area (Å²) in [6, 6.07) is 9.90. The van der Waals surface area contributed by atoms with Crippen molar-refractivity contribution >= 4 is 28.2 Å². The van der Waals surface area contributed by atoms with Gasteiger partial charge in [0, 0.05) is 30.7 Å². The Hall–Kier alpha value is -2.92. The molecule has 0 bridgehead atoms. The van der Waals surface area contributed by atoms with Gasteiger partial charge in [0.1, 0.15) is 5.75 Å². The van der Waals surface area contributed by atoms with Gasteiger partial charge in [-0.1, -0.05) is 11.8 Å². The molecule has 4 rings (SSSR count). The second-order valence-electron chi connectivity index (χ2n) is 8.05. The minimum atomic E-state index is -0.175. The van der Waals surface area contributed by atoms with Crippen LogP contribution in [0, 0.1) is 17.8 Å². The summed E-state index contributed by atoms with van der Waals surface area (Å²) in [6.45, 7) is 1.81. The maximum absolute atomic E-state index is 12.1. The first-order chi connectivity index (χ1) is 16.2. The van der Waals surface area contributed by atoms with E-state index in [1.807, 2.05) is 24.3 Å². The van der Waals surface area contributed by atoms with E-state index in [0.29, 0.717) is 13.0 Å². The Balaban J connectivity index is 1.49. The summed E-state index contributed by atoms with van der Waals surface area (Å²) < 4.78 is 10.7. The van der Waals surface area contributed by atoms with Crippen LogP contribution in [-0.4, -0.2) is 49.5 Å². The van der Waals surface area contributed by atoms with Gasteiger partial charge in [0.25, 0.3) is 0 Å².